The van der Waals surface area contributed by atoms with Gasteiger partial charge in [0, 0.05) is 20.6 Å². The van der Waals surface area contributed by atoms with Gasteiger partial charge in [-0.1, -0.05) is 12.1 Å². The number of rotatable bonds is 5. The molecule has 0 amide bonds. The molecule has 0 spiro atoms. The summed E-state index contributed by atoms with van der Waals surface area (Å²) in [6, 6.07) is 7.54. The fraction of sp³-hybridized carbons (Fsp3) is 0.400. The molecule has 3 heterocycles. The van der Waals surface area contributed by atoms with Crippen molar-refractivity contribution in [2.45, 2.75) is 19.9 Å². The minimum absolute atomic E-state index is 0.145. The van der Waals surface area contributed by atoms with Gasteiger partial charge in [0.2, 0.25) is 5.95 Å². The molecule has 0 bridgehead atoms. The van der Waals surface area contributed by atoms with Gasteiger partial charge in [-0.25, -0.2) is 9.80 Å². The van der Waals surface area contributed by atoms with Gasteiger partial charge in [-0.15, -0.1) is 0 Å². The van der Waals surface area contributed by atoms with E-state index in [-0.39, 0.29) is 11.6 Å². The van der Waals surface area contributed by atoms with Crippen LogP contribution in [0.25, 0.3) is 11.2 Å². The topological polar surface area (TPSA) is 98.7 Å². The van der Waals surface area contributed by atoms with Gasteiger partial charge in [-0.05, 0) is 26.0 Å². The quantitative estimate of drug-likeness (QED) is 0.680. The van der Waals surface area contributed by atoms with Crippen molar-refractivity contribution in [3.05, 3.63) is 45.1 Å². The summed E-state index contributed by atoms with van der Waals surface area (Å²) in [5, 5.41) is 9.79. The molecule has 0 aliphatic carbocycles. The number of hydrogen-bond acceptors (Lipinski definition) is 7. The molecule has 4 rings (SSSR count). The van der Waals surface area contributed by atoms with Crippen LogP contribution in [0.3, 0.4) is 0 Å². The number of nitrogens with zero attached hydrogens (tertiary/aromatic N) is 6. The molecular weight excluding hydrogens is 386 g/mol. The second-order valence-corrected chi connectivity index (χ2v) is 7.33. The Balaban J connectivity index is 1.72. The molecular formula is C20H25N7O3. The van der Waals surface area contributed by atoms with Crippen LogP contribution in [-0.4, -0.2) is 44.6 Å². The standard InChI is InChI=1S/C20H25N7O3/c1-12-13(2)27-16-17(24(3)20(29)25(4)18(16)28)22-19(27)26(23-12)11-10-21-14-8-6-7-9-15(14)30-5/h6-9,13,21H,10-11H2,1-5H3/t13-/m1/s1. The number of methoxy groups -OCH3 is 1. The van der Waals surface area contributed by atoms with Gasteiger partial charge < -0.3 is 10.1 Å². The van der Waals surface area contributed by atoms with Crippen LogP contribution in [0.1, 0.15) is 19.9 Å². The van der Waals surface area contributed by atoms with Gasteiger partial charge in [0.1, 0.15) is 5.75 Å². The fourth-order valence-electron chi connectivity index (χ4n) is 3.69. The molecule has 3 aromatic rings. The largest absolute Gasteiger partial charge is 0.495 e. The first kappa shape index (κ1) is 19.7. The second kappa shape index (κ2) is 7.36. The average molecular weight is 411 g/mol. The summed E-state index contributed by atoms with van der Waals surface area (Å²) in [5.74, 6) is 1.30. The molecule has 0 fully saturated rings. The van der Waals surface area contributed by atoms with E-state index in [0.717, 1.165) is 21.7 Å². The summed E-state index contributed by atoms with van der Waals surface area (Å²) < 4.78 is 9.75. The first-order valence-corrected chi connectivity index (χ1v) is 9.72. The van der Waals surface area contributed by atoms with E-state index >= 15 is 0 Å². The van der Waals surface area contributed by atoms with Crippen molar-refractivity contribution in [1.29, 1.82) is 0 Å². The number of benzene rings is 1. The Bertz CT molecular complexity index is 1270. The zero-order valence-electron chi connectivity index (χ0n) is 17.7. The third-order valence-corrected chi connectivity index (χ3v) is 5.52. The Hall–Kier alpha value is -3.56. The number of anilines is 2. The van der Waals surface area contributed by atoms with E-state index in [2.05, 4.69) is 15.4 Å². The van der Waals surface area contributed by atoms with E-state index in [4.69, 9.17) is 4.74 Å². The molecule has 2 aromatic heterocycles. The van der Waals surface area contributed by atoms with Gasteiger partial charge in [0.25, 0.3) is 5.56 Å². The number of hydrogen-bond donors (Lipinski definition) is 1. The average Bonchev–Trinajstić information content (AvgIpc) is 3.15. The lowest BCUT2D eigenvalue weighted by Crippen LogP contribution is -2.39. The first-order valence-electron chi connectivity index (χ1n) is 9.72. The third kappa shape index (κ3) is 2.95. The van der Waals surface area contributed by atoms with E-state index in [0.29, 0.717) is 30.2 Å². The molecule has 1 N–H and O–H groups in total. The smallest absolute Gasteiger partial charge is 0.332 e. The number of ether oxygens (including phenoxy) is 1. The maximum atomic E-state index is 12.9. The van der Waals surface area contributed by atoms with Gasteiger partial charge >= 0.3 is 5.69 Å². The lowest BCUT2D eigenvalue weighted by molar-refractivity contribution is 0.416. The number of hydrazone groups is 1. The molecule has 0 unspecified atom stereocenters. The van der Waals surface area contributed by atoms with Crippen LogP contribution in [0.2, 0.25) is 0 Å². The van der Waals surface area contributed by atoms with Crippen molar-refractivity contribution >= 4 is 28.5 Å². The van der Waals surface area contributed by atoms with Crippen LogP contribution in [-0.2, 0) is 14.1 Å². The highest BCUT2D eigenvalue weighted by Crippen LogP contribution is 2.29. The molecule has 1 aliphatic heterocycles. The molecule has 1 aliphatic rings. The van der Waals surface area contributed by atoms with Crippen LogP contribution in [0, 0.1) is 0 Å². The van der Waals surface area contributed by atoms with Crippen molar-refractivity contribution in [1.82, 2.24) is 18.7 Å². The zero-order valence-corrected chi connectivity index (χ0v) is 17.7. The monoisotopic (exact) mass is 411 g/mol. The van der Waals surface area contributed by atoms with Crippen LogP contribution in [0.5, 0.6) is 5.75 Å². The van der Waals surface area contributed by atoms with E-state index < -0.39 is 5.69 Å². The molecule has 158 valence electrons. The van der Waals surface area contributed by atoms with Gasteiger partial charge in [-0.3, -0.25) is 18.5 Å². The zero-order chi connectivity index (χ0) is 21.6. The van der Waals surface area contributed by atoms with Gasteiger partial charge in [-0.2, -0.15) is 10.1 Å². The summed E-state index contributed by atoms with van der Waals surface area (Å²) in [7, 11) is 4.73. The Morgan fingerprint density at radius 3 is 2.63 bits per heavy atom. The number of imidazole rings is 1. The molecule has 30 heavy (non-hydrogen) atoms. The van der Waals surface area contributed by atoms with Crippen molar-refractivity contribution in [3.63, 3.8) is 0 Å². The highest BCUT2D eigenvalue weighted by Gasteiger charge is 2.30. The summed E-state index contributed by atoms with van der Waals surface area (Å²) in [6.45, 7) is 4.98. The van der Waals surface area contributed by atoms with Crippen LogP contribution < -0.4 is 26.3 Å². The van der Waals surface area contributed by atoms with Crippen LogP contribution in [0.4, 0.5) is 11.6 Å². The second-order valence-electron chi connectivity index (χ2n) is 7.33. The Morgan fingerprint density at radius 2 is 1.90 bits per heavy atom. The highest BCUT2D eigenvalue weighted by atomic mass is 16.5. The molecule has 10 heteroatoms. The van der Waals surface area contributed by atoms with E-state index in [1.165, 1.54) is 11.6 Å². The minimum Gasteiger partial charge on any atom is -0.495 e. The molecule has 0 saturated heterocycles. The minimum atomic E-state index is -0.405. The van der Waals surface area contributed by atoms with Gasteiger partial charge in [0.15, 0.2) is 11.2 Å². The number of fused-ring (bicyclic) bond motifs is 3. The molecule has 1 aromatic carbocycles. The maximum absolute atomic E-state index is 12.9. The molecule has 1 atom stereocenters. The summed E-state index contributed by atoms with van der Waals surface area (Å²) in [6.07, 6.45) is 0. The Kier molecular flexibility index (Phi) is 4.84. The number of para-hydroxylation sites is 2. The molecule has 0 radical (unpaired) electrons. The summed E-state index contributed by atoms with van der Waals surface area (Å²) in [5.41, 5.74) is 1.74. The number of aromatic nitrogens is 4. The van der Waals surface area contributed by atoms with Crippen molar-refractivity contribution in [2.75, 3.05) is 30.5 Å². The SMILES string of the molecule is COc1ccccc1NCCN1N=C(C)[C@@H](C)n2c1nc1c2c(=O)n(C)c(=O)n1C. The van der Waals surface area contributed by atoms with Crippen molar-refractivity contribution in [2.24, 2.45) is 19.2 Å². The summed E-state index contributed by atoms with van der Waals surface area (Å²) in [4.78, 5) is 29.8. The summed E-state index contributed by atoms with van der Waals surface area (Å²) >= 11 is 0. The number of aryl methyl sites for hydroxylation is 1. The molecule has 0 saturated carbocycles. The fourth-order valence-corrected chi connectivity index (χ4v) is 3.69. The van der Waals surface area contributed by atoms with Gasteiger partial charge in [0.05, 0.1) is 31.1 Å². The van der Waals surface area contributed by atoms with E-state index in [1.54, 1.807) is 19.2 Å². The predicted octanol–water partition coefficient (Wildman–Crippen LogP) is 1.31. The van der Waals surface area contributed by atoms with Crippen LogP contribution in [0.15, 0.2) is 39.0 Å². The maximum Gasteiger partial charge on any atom is 0.332 e. The lowest BCUT2D eigenvalue weighted by atomic mass is 10.2. The number of nitrogens with one attached hydrogen (secondary N) is 1. The van der Waals surface area contributed by atoms with Crippen molar-refractivity contribution < 1.29 is 4.74 Å². The Labute approximate surface area is 173 Å². The normalized spacial score (nSPS) is 15.8. The molecule has 10 nitrogen and oxygen atoms in total. The third-order valence-electron chi connectivity index (χ3n) is 5.52. The van der Waals surface area contributed by atoms with E-state index in [9.17, 15) is 9.59 Å². The van der Waals surface area contributed by atoms with E-state index in [1.807, 2.05) is 42.7 Å². The lowest BCUT2D eigenvalue weighted by Gasteiger charge is -2.29. The van der Waals surface area contributed by atoms with Crippen LogP contribution >= 0.6 is 0 Å². The Morgan fingerprint density at radius 1 is 1.17 bits per heavy atom. The predicted molar refractivity (Wildman–Crippen MR) is 117 cm³/mol. The van der Waals surface area contributed by atoms with Crippen molar-refractivity contribution in [3.8, 4) is 5.75 Å². The highest BCUT2D eigenvalue weighted by molar-refractivity contribution is 5.91. The first-order chi connectivity index (χ1) is 14.3.